The number of thioether (sulfide) groups is 1. The molecule has 0 saturated heterocycles. The highest BCUT2D eigenvalue weighted by molar-refractivity contribution is 9.10. The topological polar surface area (TPSA) is 95.7 Å². The van der Waals surface area contributed by atoms with E-state index in [1.807, 2.05) is 12.1 Å². The van der Waals surface area contributed by atoms with E-state index in [1.54, 1.807) is 24.5 Å². The second-order valence-electron chi connectivity index (χ2n) is 5.59. The zero-order valence-corrected chi connectivity index (χ0v) is 16.8. The van der Waals surface area contributed by atoms with E-state index >= 15 is 0 Å². The van der Waals surface area contributed by atoms with Crippen LogP contribution < -0.4 is 0 Å². The first-order valence-electron chi connectivity index (χ1n) is 8.29. The Hall–Kier alpha value is -2.46. The van der Waals surface area contributed by atoms with E-state index in [2.05, 4.69) is 52.8 Å². The van der Waals surface area contributed by atoms with Crippen LogP contribution >= 0.6 is 27.7 Å². The van der Waals surface area contributed by atoms with Crippen molar-refractivity contribution in [3.05, 3.63) is 47.2 Å². The molecule has 0 aliphatic heterocycles. The molecule has 0 saturated carbocycles. The number of rotatable bonds is 7. The van der Waals surface area contributed by atoms with Crippen molar-refractivity contribution >= 4 is 27.7 Å². The molecule has 4 aromatic heterocycles. The maximum atomic E-state index is 5.67. The van der Waals surface area contributed by atoms with Gasteiger partial charge in [0.1, 0.15) is 0 Å². The van der Waals surface area contributed by atoms with E-state index in [9.17, 15) is 0 Å². The molecule has 10 heteroatoms. The average molecular weight is 447 g/mol. The van der Waals surface area contributed by atoms with Crippen LogP contribution in [0, 0.1) is 0 Å². The minimum absolute atomic E-state index is 0.351. The lowest BCUT2D eigenvalue weighted by molar-refractivity contribution is 0.486. The molecule has 0 bridgehead atoms. The zero-order chi connectivity index (χ0) is 18.6. The summed E-state index contributed by atoms with van der Waals surface area (Å²) in [6, 6.07) is 7.40. The normalized spacial score (nSPS) is 11.2. The number of aromatic nitrogens is 6. The summed E-state index contributed by atoms with van der Waals surface area (Å²) in [5.74, 6) is 2.70. The first kappa shape index (κ1) is 17.9. The van der Waals surface area contributed by atoms with Gasteiger partial charge in [0.2, 0.25) is 5.89 Å². The first-order valence-corrected chi connectivity index (χ1v) is 10.1. The second kappa shape index (κ2) is 8.05. The van der Waals surface area contributed by atoms with E-state index < -0.39 is 0 Å². The van der Waals surface area contributed by atoms with Crippen molar-refractivity contribution in [1.29, 1.82) is 0 Å². The van der Waals surface area contributed by atoms with Gasteiger partial charge >= 0.3 is 0 Å². The van der Waals surface area contributed by atoms with Crippen molar-refractivity contribution in [2.45, 2.75) is 30.8 Å². The van der Waals surface area contributed by atoms with Crippen molar-refractivity contribution < 1.29 is 8.83 Å². The standard InChI is InChI=1S/C17H15BrN6O2S/c1-2-9-24-15(11-5-7-19-8-6-11)21-23-17(24)27-10-14-20-22-16(26-14)12-3-4-13(18)25-12/h3-8H,2,9-10H2,1H3. The fourth-order valence-corrected chi connectivity index (χ4v) is 3.61. The Kier molecular flexibility index (Phi) is 5.35. The van der Waals surface area contributed by atoms with Gasteiger partial charge in [-0.15, -0.1) is 20.4 Å². The highest BCUT2D eigenvalue weighted by Crippen LogP contribution is 2.28. The van der Waals surface area contributed by atoms with Gasteiger partial charge in [-0.25, -0.2) is 0 Å². The minimum Gasteiger partial charge on any atom is -0.444 e. The van der Waals surface area contributed by atoms with Crippen LogP contribution in [0.15, 0.2) is 55.3 Å². The summed E-state index contributed by atoms with van der Waals surface area (Å²) in [4.78, 5) is 4.06. The maximum absolute atomic E-state index is 5.67. The van der Waals surface area contributed by atoms with Crippen molar-refractivity contribution in [1.82, 2.24) is 29.9 Å². The molecule has 4 rings (SSSR count). The Morgan fingerprint density at radius 3 is 2.63 bits per heavy atom. The Morgan fingerprint density at radius 1 is 1.04 bits per heavy atom. The van der Waals surface area contributed by atoms with Crippen LogP contribution in [0.5, 0.6) is 0 Å². The molecule has 27 heavy (non-hydrogen) atoms. The summed E-state index contributed by atoms with van der Waals surface area (Å²) in [6.45, 7) is 2.94. The maximum Gasteiger partial charge on any atom is 0.283 e. The van der Waals surface area contributed by atoms with Gasteiger partial charge in [0.15, 0.2) is 21.4 Å². The molecule has 0 fully saturated rings. The van der Waals surface area contributed by atoms with Crippen molar-refractivity contribution in [2.75, 3.05) is 0 Å². The molecular formula is C17H15BrN6O2S. The first-order chi connectivity index (χ1) is 13.2. The lowest BCUT2D eigenvalue weighted by Gasteiger charge is -2.07. The molecule has 0 radical (unpaired) electrons. The molecule has 0 aliphatic carbocycles. The third kappa shape index (κ3) is 3.96. The summed E-state index contributed by atoms with van der Waals surface area (Å²) < 4.78 is 13.8. The SMILES string of the molecule is CCCn1c(SCc2nnc(-c3ccc(Br)o3)o2)nnc1-c1ccncc1. The lowest BCUT2D eigenvalue weighted by atomic mass is 10.2. The predicted octanol–water partition coefficient (Wildman–Crippen LogP) is 4.45. The molecule has 0 atom stereocenters. The molecule has 4 aromatic rings. The minimum atomic E-state index is 0.351. The molecule has 0 aromatic carbocycles. The second-order valence-corrected chi connectivity index (χ2v) is 7.31. The molecule has 8 nitrogen and oxygen atoms in total. The molecule has 0 spiro atoms. The number of furan rings is 1. The van der Waals surface area contributed by atoms with Gasteiger partial charge in [-0.3, -0.25) is 4.98 Å². The lowest BCUT2D eigenvalue weighted by Crippen LogP contribution is -2.02. The van der Waals surface area contributed by atoms with Crippen molar-refractivity contribution in [3.8, 4) is 23.0 Å². The third-order valence-electron chi connectivity index (χ3n) is 3.68. The monoisotopic (exact) mass is 446 g/mol. The Balaban J connectivity index is 1.51. The van der Waals surface area contributed by atoms with Crippen LogP contribution in [0.25, 0.3) is 23.0 Å². The van der Waals surface area contributed by atoms with Gasteiger partial charge in [0.25, 0.3) is 5.89 Å². The molecular weight excluding hydrogens is 432 g/mol. The quantitative estimate of drug-likeness (QED) is 0.384. The van der Waals surface area contributed by atoms with Crippen LogP contribution in [0.4, 0.5) is 0 Å². The third-order valence-corrected chi connectivity index (χ3v) is 5.06. The summed E-state index contributed by atoms with van der Waals surface area (Å²) in [7, 11) is 0. The number of hydrogen-bond acceptors (Lipinski definition) is 8. The van der Waals surface area contributed by atoms with Gasteiger partial charge < -0.3 is 13.4 Å². The van der Waals surface area contributed by atoms with E-state index in [0.717, 1.165) is 29.5 Å². The summed E-state index contributed by atoms with van der Waals surface area (Å²) >= 11 is 4.77. The fraction of sp³-hybridized carbons (Fsp3) is 0.235. The molecule has 0 N–H and O–H groups in total. The predicted molar refractivity (Wildman–Crippen MR) is 103 cm³/mol. The molecule has 0 aliphatic rings. The van der Waals surface area contributed by atoms with Crippen molar-refractivity contribution in [2.24, 2.45) is 0 Å². The number of pyridine rings is 1. The Bertz CT molecular complexity index is 1030. The van der Waals surface area contributed by atoms with Gasteiger partial charge in [-0.2, -0.15) is 0 Å². The molecule has 4 heterocycles. The van der Waals surface area contributed by atoms with Gasteiger partial charge in [0, 0.05) is 24.5 Å². The number of nitrogens with zero attached hydrogens (tertiary/aromatic N) is 6. The van der Waals surface area contributed by atoms with Gasteiger partial charge in [-0.05, 0) is 46.6 Å². The highest BCUT2D eigenvalue weighted by atomic mass is 79.9. The number of hydrogen-bond donors (Lipinski definition) is 0. The van der Waals surface area contributed by atoms with Crippen LogP contribution in [-0.2, 0) is 12.3 Å². The van der Waals surface area contributed by atoms with E-state index in [-0.39, 0.29) is 0 Å². The molecule has 0 amide bonds. The smallest absolute Gasteiger partial charge is 0.283 e. The van der Waals surface area contributed by atoms with Gasteiger partial charge in [-0.1, -0.05) is 18.7 Å². The van der Waals surface area contributed by atoms with Crippen molar-refractivity contribution in [3.63, 3.8) is 0 Å². The summed E-state index contributed by atoms with van der Waals surface area (Å²) in [5.41, 5.74) is 0.987. The van der Waals surface area contributed by atoms with Crippen LogP contribution in [-0.4, -0.2) is 29.9 Å². The molecule has 138 valence electrons. The highest BCUT2D eigenvalue weighted by Gasteiger charge is 2.16. The van der Waals surface area contributed by atoms with Crippen LogP contribution in [0.2, 0.25) is 0 Å². The molecule has 0 unspecified atom stereocenters. The van der Waals surface area contributed by atoms with Crippen LogP contribution in [0.1, 0.15) is 19.2 Å². The van der Waals surface area contributed by atoms with E-state index in [4.69, 9.17) is 8.83 Å². The van der Waals surface area contributed by atoms with Gasteiger partial charge in [0.05, 0.1) is 5.75 Å². The fourth-order valence-electron chi connectivity index (χ4n) is 2.50. The van der Waals surface area contributed by atoms with E-state index in [0.29, 0.717) is 28.0 Å². The number of halogens is 1. The largest absolute Gasteiger partial charge is 0.444 e. The summed E-state index contributed by atoms with van der Waals surface area (Å²) in [5, 5.41) is 17.6. The zero-order valence-electron chi connectivity index (χ0n) is 14.4. The van der Waals surface area contributed by atoms with Crippen LogP contribution in [0.3, 0.4) is 0 Å². The Labute approximate surface area is 167 Å². The van der Waals surface area contributed by atoms with E-state index in [1.165, 1.54) is 11.8 Å². The average Bonchev–Trinajstić information content (AvgIpc) is 3.41. The Morgan fingerprint density at radius 2 is 1.89 bits per heavy atom. The summed E-state index contributed by atoms with van der Waals surface area (Å²) in [6.07, 6.45) is 4.47.